The molecule has 0 unspecified atom stereocenters. The van der Waals surface area contributed by atoms with Gasteiger partial charge in [0.1, 0.15) is 5.75 Å². The molecule has 20 heavy (non-hydrogen) atoms. The van der Waals surface area contributed by atoms with Crippen LogP contribution in [0, 0.1) is 0 Å². The molecule has 1 aromatic heterocycles. The van der Waals surface area contributed by atoms with E-state index in [2.05, 4.69) is 4.98 Å². The summed E-state index contributed by atoms with van der Waals surface area (Å²) >= 11 is 0. The number of hydrogen-bond acceptors (Lipinski definition) is 3. The number of pyridine rings is 1. The van der Waals surface area contributed by atoms with Crippen molar-refractivity contribution in [3.8, 4) is 16.9 Å². The van der Waals surface area contributed by atoms with Gasteiger partial charge in [-0.15, -0.1) is 0 Å². The van der Waals surface area contributed by atoms with Crippen LogP contribution in [-0.4, -0.2) is 23.2 Å². The standard InChI is InChI=1S/C16H17NO3/c1-10(2)12-7-13(11-5-4-6-17-9-11)14(16(18)19)8-15(12)20-3/h4-10H,1-3H3,(H,18,19). The largest absolute Gasteiger partial charge is 0.496 e. The number of rotatable bonds is 4. The molecule has 2 rings (SSSR count). The van der Waals surface area contributed by atoms with E-state index in [1.165, 1.54) is 0 Å². The number of aromatic nitrogens is 1. The molecule has 0 radical (unpaired) electrons. The third-order valence-electron chi connectivity index (χ3n) is 3.19. The summed E-state index contributed by atoms with van der Waals surface area (Å²) in [6.45, 7) is 4.09. The second-order valence-corrected chi connectivity index (χ2v) is 4.84. The maximum Gasteiger partial charge on any atom is 0.336 e. The summed E-state index contributed by atoms with van der Waals surface area (Å²) in [6, 6.07) is 7.11. The fraction of sp³-hybridized carbons (Fsp3) is 0.250. The number of aromatic carboxylic acids is 1. The van der Waals surface area contributed by atoms with E-state index in [-0.39, 0.29) is 11.5 Å². The Balaban J connectivity index is 2.71. The number of carboxylic acid groups (broad SMARTS) is 1. The van der Waals surface area contributed by atoms with Crippen LogP contribution < -0.4 is 4.74 Å². The predicted molar refractivity (Wildman–Crippen MR) is 77.3 cm³/mol. The maximum atomic E-state index is 11.5. The van der Waals surface area contributed by atoms with Gasteiger partial charge in [-0.2, -0.15) is 0 Å². The molecule has 0 aliphatic rings. The summed E-state index contributed by atoms with van der Waals surface area (Å²) in [4.78, 5) is 15.5. The van der Waals surface area contributed by atoms with Crippen LogP contribution in [0.5, 0.6) is 5.75 Å². The molecule has 0 aliphatic heterocycles. The highest BCUT2D eigenvalue weighted by Gasteiger charge is 2.18. The molecule has 2 aromatic rings. The second-order valence-electron chi connectivity index (χ2n) is 4.84. The summed E-state index contributed by atoms with van der Waals surface area (Å²) in [7, 11) is 1.55. The van der Waals surface area contributed by atoms with E-state index in [9.17, 15) is 9.90 Å². The van der Waals surface area contributed by atoms with Gasteiger partial charge < -0.3 is 9.84 Å². The first-order valence-corrected chi connectivity index (χ1v) is 6.40. The highest BCUT2D eigenvalue weighted by molar-refractivity contribution is 5.96. The minimum Gasteiger partial charge on any atom is -0.496 e. The van der Waals surface area contributed by atoms with Crippen LogP contribution in [0.1, 0.15) is 35.7 Å². The third-order valence-corrected chi connectivity index (χ3v) is 3.19. The monoisotopic (exact) mass is 271 g/mol. The molecule has 104 valence electrons. The van der Waals surface area contributed by atoms with E-state index in [4.69, 9.17) is 4.74 Å². The van der Waals surface area contributed by atoms with Crippen LogP contribution in [0.15, 0.2) is 36.7 Å². The van der Waals surface area contributed by atoms with Gasteiger partial charge >= 0.3 is 5.97 Å². The molecule has 0 saturated heterocycles. The number of ether oxygens (including phenoxy) is 1. The van der Waals surface area contributed by atoms with Crippen LogP contribution in [-0.2, 0) is 0 Å². The van der Waals surface area contributed by atoms with Crippen molar-refractivity contribution < 1.29 is 14.6 Å². The highest BCUT2D eigenvalue weighted by Crippen LogP contribution is 2.34. The van der Waals surface area contributed by atoms with E-state index in [1.807, 2.05) is 26.0 Å². The Morgan fingerprint density at radius 3 is 2.60 bits per heavy atom. The van der Waals surface area contributed by atoms with Crippen molar-refractivity contribution in [1.82, 2.24) is 4.98 Å². The number of methoxy groups -OCH3 is 1. The Labute approximate surface area is 118 Å². The molecule has 0 atom stereocenters. The lowest BCUT2D eigenvalue weighted by atomic mass is 9.93. The van der Waals surface area contributed by atoms with Crippen molar-refractivity contribution in [2.75, 3.05) is 7.11 Å². The first-order chi connectivity index (χ1) is 9.54. The van der Waals surface area contributed by atoms with E-state index in [1.54, 1.807) is 31.6 Å². The van der Waals surface area contributed by atoms with Gasteiger partial charge in [0.2, 0.25) is 0 Å². The third kappa shape index (κ3) is 2.64. The number of hydrogen-bond donors (Lipinski definition) is 1. The minimum absolute atomic E-state index is 0.222. The molecule has 0 amide bonds. The van der Waals surface area contributed by atoms with Gasteiger partial charge in [0, 0.05) is 18.0 Å². The number of carboxylic acids is 1. The molecule has 4 nitrogen and oxygen atoms in total. The summed E-state index contributed by atoms with van der Waals surface area (Å²) < 4.78 is 5.31. The molecule has 0 saturated carbocycles. The minimum atomic E-state index is -0.975. The van der Waals surface area contributed by atoms with Crippen LogP contribution in [0.25, 0.3) is 11.1 Å². The molecule has 0 bridgehead atoms. The number of benzene rings is 1. The van der Waals surface area contributed by atoms with Gasteiger partial charge in [-0.1, -0.05) is 19.9 Å². The molecular formula is C16H17NO3. The van der Waals surface area contributed by atoms with Crippen LogP contribution in [0.3, 0.4) is 0 Å². The molecular weight excluding hydrogens is 254 g/mol. The van der Waals surface area contributed by atoms with Gasteiger partial charge in [-0.25, -0.2) is 4.79 Å². The van der Waals surface area contributed by atoms with Gasteiger partial charge in [0.25, 0.3) is 0 Å². The summed E-state index contributed by atoms with van der Waals surface area (Å²) in [5.41, 5.74) is 2.65. The second kappa shape index (κ2) is 5.74. The van der Waals surface area contributed by atoms with E-state index in [0.29, 0.717) is 11.3 Å². The van der Waals surface area contributed by atoms with E-state index in [0.717, 1.165) is 11.1 Å². The van der Waals surface area contributed by atoms with Crippen molar-refractivity contribution in [2.45, 2.75) is 19.8 Å². The van der Waals surface area contributed by atoms with E-state index < -0.39 is 5.97 Å². The fourth-order valence-electron chi connectivity index (χ4n) is 2.16. The van der Waals surface area contributed by atoms with Crippen LogP contribution in [0.4, 0.5) is 0 Å². The first kappa shape index (κ1) is 14.1. The highest BCUT2D eigenvalue weighted by atomic mass is 16.5. The molecule has 0 spiro atoms. The molecule has 4 heteroatoms. The Kier molecular flexibility index (Phi) is 4.03. The van der Waals surface area contributed by atoms with Gasteiger partial charge in [-0.05, 0) is 35.2 Å². The lowest BCUT2D eigenvalue weighted by molar-refractivity contribution is 0.0697. The predicted octanol–water partition coefficient (Wildman–Crippen LogP) is 3.58. The Hall–Kier alpha value is -2.36. The lowest BCUT2D eigenvalue weighted by Crippen LogP contribution is -2.04. The molecule has 1 aromatic carbocycles. The maximum absolute atomic E-state index is 11.5. The molecule has 1 N–H and O–H groups in total. The number of carbonyl (C=O) groups is 1. The molecule has 0 aliphatic carbocycles. The van der Waals surface area contributed by atoms with Gasteiger partial charge in [0.15, 0.2) is 0 Å². The van der Waals surface area contributed by atoms with Crippen molar-refractivity contribution in [3.63, 3.8) is 0 Å². The number of nitrogens with zero attached hydrogens (tertiary/aromatic N) is 1. The quantitative estimate of drug-likeness (QED) is 0.923. The lowest BCUT2D eigenvalue weighted by Gasteiger charge is -2.16. The molecule has 0 fully saturated rings. The summed E-state index contributed by atoms with van der Waals surface area (Å²) in [6.07, 6.45) is 3.33. The average Bonchev–Trinajstić information content (AvgIpc) is 2.46. The topological polar surface area (TPSA) is 59.4 Å². The van der Waals surface area contributed by atoms with E-state index >= 15 is 0 Å². The van der Waals surface area contributed by atoms with Crippen LogP contribution >= 0.6 is 0 Å². The summed E-state index contributed by atoms with van der Waals surface area (Å²) in [5, 5.41) is 9.40. The van der Waals surface area contributed by atoms with Crippen molar-refractivity contribution in [2.24, 2.45) is 0 Å². The average molecular weight is 271 g/mol. The zero-order chi connectivity index (χ0) is 14.7. The van der Waals surface area contributed by atoms with Crippen molar-refractivity contribution >= 4 is 5.97 Å². The Morgan fingerprint density at radius 2 is 2.10 bits per heavy atom. The zero-order valence-electron chi connectivity index (χ0n) is 11.8. The smallest absolute Gasteiger partial charge is 0.336 e. The SMILES string of the molecule is COc1cc(C(=O)O)c(-c2cccnc2)cc1C(C)C. The normalized spacial score (nSPS) is 10.6. The van der Waals surface area contributed by atoms with Crippen molar-refractivity contribution in [3.05, 3.63) is 47.8 Å². The molecule has 1 heterocycles. The fourth-order valence-corrected chi connectivity index (χ4v) is 2.16. The van der Waals surface area contributed by atoms with Gasteiger partial charge in [0.05, 0.1) is 12.7 Å². The zero-order valence-corrected chi connectivity index (χ0v) is 11.8. The first-order valence-electron chi connectivity index (χ1n) is 6.40. The van der Waals surface area contributed by atoms with Gasteiger partial charge in [-0.3, -0.25) is 4.98 Å². The Bertz CT molecular complexity index is 621. The van der Waals surface area contributed by atoms with Crippen LogP contribution in [0.2, 0.25) is 0 Å². The van der Waals surface area contributed by atoms with Crippen molar-refractivity contribution in [1.29, 1.82) is 0 Å². The Morgan fingerprint density at radius 1 is 1.35 bits per heavy atom. The summed E-state index contributed by atoms with van der Waals surface area (Å²) in [5.74, 6) is -0.134.